The van der Waals surface area contributed by atoms with E-state index < -0.39 is 0 Å². The fourth-order valence-corrected chi connectivity index (χ4v) is 1.82. The van der Waals surface area contributed by atoms with E-state index in [-0.39, 0.29) is 0 Å². The average Bonchev–Trinajstić information content (AvgIpc) is 2.89. The maximum atomic E-state index is 5.10. The summed E-state index contributed by atoms with van der Waals surface area (Å²) in [6.45, 7) is 1.84. The molecule has 21 heavy (non-hydrogen) atoms. The molecule has 0 spiro atoms. The zero-order chi connectivity index (χ0) is 14.7. The molecule has 0 fully saturated rings. The van der Waals surface area contributed by atoms with Crippen LogP contribution in [0.4, 0.5) is 5.82 Å². The monoisotopic (exact) mass is 282 g/mol. The second kappa shape index (κ2) is 5.58. The first-order valence-corrected chi connectivity index (χ1v) is 6.38. The molecule has 0 aliphatic carbocycles. The van der Waals surface area contributed by atoms with Gasteiger partial charge in [0.2, 0.25) is 0 Å². The van der Waals surface area contributed by atoms with Gasteiger partial charge in [0.15, 0.2) is 17.3 Å². The molecule has 0 bridgehead atoms. The van der Waals surface area contributed by atoms with Gasteiger partial charge in [-0.3, -0.25) is 5.43 Å². The number of aryl methyl sites for hydroxylation is 1. The Morgan fingerprint density at radius 2 is 1.95 bits per heavy atom. The van der Waals surface area contributed by atoms with Gasteiger partial charge in [0.1, 0.15) is 5.75 Å². The van der Waals surface area contributed by atoms with Gasteiger partial charge < -0.3 is 4.74 Å². The Hall–Kier alpha value is -2.96. The van der Waals surface area contributed by atoms with Crippen molar-refractivity contribution in [2.75, 3.05) is 12.5 Å². The quantitative estimate of drug-likeness (QED) is 0.584. The van der Waals surface area contributed by atoms with Crippen molar-refractivity contribution in [3.05, 3.63) is 47.8 Å². The van der Waals surface area contributed by atoms with Gasteiger partial charge in [0.25, 0.3) is 0 Å². The highest BCUT2D eigenvalue weighted by Crippen LogP contribution is 2.10. The van der Waals surface area contributed by atoms with Crippen LogP contribution in [0.25, 0.3) is 5.65 Å². The van der Waals surface area contributed by atoms with Gasteiger partial charge in [-0.1, -0.05) is 0 Å². The zero-order valence-electron chi connectivity index (χ0n) is 11.7. The van der Waals surface area contributed by atoms with Gasteiger partial charge in [0.05, 0.1) is 13.3 Å². The third-order valence-electron chi connectivity index (χ3n) is 2.93. The molecule has 1 N–H and O–H groups in total. The standard InChI is InChI=1S/C14H14N6O/c1-10-16-18-14-8-7-13(19-20(10)14)17-15-9-11-3-5-12(21-2)6-4-11/h3-9H,1-2H3,(H,17,19). The fourth-order valence-electron chi connectivity index (χ4n) is 1.82. The van der Waals surface area contributed by atoms with E-state index in [1.807, 2.05) is 37.3 Å². The molecular formula is C14H14N6O. The predicted molar refractivity (Wildman–Crippen MR) is 79.7 cm³/mol. The summed E-state index contributed by atoms with van der Waals surface area (Å²) in [6, 6.07) is 11.2. The summed E-state index contributed by atoms with van der Waals surface area (Å²) >= 11 is 0. The lowest BCUT2D eigenvalue weighted by molar-refractivity contribution is 0.415. The molecule has 1 aromatic carbocycles. The van der Waals surface area contributed by atoms with Gasteiger partial charge >= 0.3 is 0 Å². The van der Waals surface area contributed by atoms with Crippen molar-refractivity contribution in [3.63, 3.8) is 0 Å². The number of methoxy groups -OCH3 is 1. The van der Waals surface area contributed by atoms with Crippen LogP contribution in [-0.2, 0) is 0 Å². The first-order chi connectivity index (χ1) is 10.3. The van der Waals surface area contributed by atoms with E-state index in [2.05, 4.69) is 25.8 Å². The van der Waals surface area contributed by atoms with E-state index >= 15 is 0 Å². The van der Waals surface area contributed by atoms with Crippen molar-refractivity contribution < 1.29 is 4.74 Å². The van der Waals surface area contributed by atoms with Gasteiger partial charge in [-0.15, -0.1) is 15.3 Å². The molecule has 7 nitrogen and oxygen atoms in total. The topological polar surface area (TPSA) is 76.7 Å². The van der Waals surface area contributed by atoms with E-state index in [1.54, 1.807) is 23.9 Å². The Balaban J connectivity index is 1.72. The van der Waals surface area contributed by atoms with Gasteiger partial charge in [-0.25, -0.2) is 0 Å². The lowest BCUT2D eigenvalue weighted by Crippen LogP contribution is -2.00. The van der Waals surface area contributed by atoms with Crippen molar-refractivity contribution in [1.29, 1.82) is 0 Å². The Bertz CT molecular complexity index is 778. The Kier molecular flexibility index (Phi) is 3.46. The maximum absolute atomic E-state index is 5.10. The lowest BCUT2D eigenvalue weighted by atomic mass is 10.2. The number of benzene rings is 1. The van der Waals surface area contributed by atoms with E-state index in [1.165, 1.54) is 0 Å². The second-order valence-corrected chi connectivity index (χ2v) is 4.38. The smallest absolute Gasteiger partial charge is 0.178 e. The van der Waals surface area contributed by atoms with Crippen LogP contribution in [-0.4, -0.2) is 33.1 Å². The molecule has 0 amide bonds. The van der Waals surface area contributed by atoms with E-state index in [4.69, 9.17) is 4.74 Å². The zero-order valence-corrected chi connectivity index (χ0v) is 11.7. The lowest BCUT2D eigenvalue weighted by Gasteiger charge is -2.01. The molecule has 7 heteroatoms. The summed E-state index contributed by atoms with van der Waals surface area (Å²) < 4.78 is 6.76. The highest BCUT2D eigenvalue weighted by molar-refractivity contribution is 5.80. The fraction of sp³-hybridized carbons (Fsp3) is 0.143. The minimum Gasteiger partial charge on any atom is -0.497 e. The first kappa shape index (κ1) is 13.0. The summed E-state index contributed by atoms with van der Waals surface area (Å²) in [5.41, 5.74) is 4.55. The van der Waals surface area contributed by atoms with Crippen LogP contribution in [0.15, 0.2) is 41.5 Å². The molecule has 0 unspecified atom stereocenters. The molecule has 0 atom stereocenters. The van der Waals surface area contributed by atoms with E-state index in [9.17, 15) is 0 Å². The van der Waals surface area contributed by atoms with Crippen LogP contribution >= 0.6 is 0 Å². The van der Waals surface area contributed by atoms with E-state index in [0.29, 0.717) is 11.5 Å². The molecule has 2 heterocycles. The third-order valence-corrected chi connectivity index (χ3v) is 2.93. The van der Waals surface area contributed by atoms with Crippen molar-refractivity contribution in [2.24, 2.45) is 5.10 Å². The third kappa shape index (κ3) is 2.81. The molecule has 0 radical (unpaired) electrons. The number of aromatic nitrogens is 4. The number of hydrogen-bond donors (Lipinski definition) is 1. The molecule has 3 rings (SSSR count). The minimum absolute atomic E-state index is 0.621. The maximum Gasteiger partial charge on any atom is 0.178 e. The molecule has 3 aromatic rings. The van der Waals surface area contributed by atoms with Crippen molar-refractivity contribution in [2.45, 2.75) is 6.92 Å². The number of hydrazone groups is 1. The summed E-state index contributed by atoms with van der Waals surface area (Å²) in [7, 11) is 1.64. The number of hydrogen-bond acceptors (Lipinski definition) is 6. The van der Waals surface area contributed by atoms with E-state index in [0.717, 1.165) is 17.1 Å². The van der Waals surface area contributed by atoms with Crippen LogP contribution in [0.3, 0.4) is 0 Å². The summed E-state index contributed by atoms with van der Waals surface area (Å²) in [4.78, 5) is 0. The molecular weight excluding hydrogens is 268 g/mol. The molecule has 0 aliphatic heterocycles. The van der Waals surface area contributed by atoms with Crippen molar-refractivity contribution in [1.82, 2.24) is 19.8 Å². The number of ether oxygens (including phenoxy) is 1. The SMILES string of the molecule is COc1ccc(C=NNc2ccc3nnc(C)n3n2)cc1. The van der Waals surface area contributed by atoms with Gasteiger partial charge in [0, 0.05) is 0 Å². The molecule has 0 saturated heterocycles. The summed E-state index contributed by atoms with van der Waals surface area (Å²) in [6.07, 6.45) is 1.71. The first-order valence-electron chi connectivity index (χ1n) is 6.38. The Morgan fingerprint density at radius 3 is 2.71 bits per heavy atom. The largest absolute Gasteiger partial charge is 0.497 e. The Morgan fingerprint density at radius 1 is 1.14 bits per heavy atom. The number of nitrogens with zero attached hydrogens (tertiary/aromatic N) is 5. The molecule has 2 aromatic heterocycles. The van der Waals surface area contributed by atoms with Crippen molar-refractivity contribution >= 4 is 17.7 Å². The Labute approximate surface area is 121 Å². The normalized spacial score (nSPS) is 11.1. The average molecular weight is 282 g/mol. The number of nitrogens with one attached hydrogen (secondary N) is 1. The summed E-state index contributed by atoms with van der Waals surface area (Å²) in [5, 5.41) is 16.4. The van der Waals surface area contributed by atoms with Crippen LogP contribution in [0.2, 0.25) is 0 Å². The predicted octanol–water partition coefficient (Wildman–Crippen LogP) is 1.89. The highest BCUT2D eigenvalue weighted by atomic mass is 16.5. The highest BCUT2D eigenvalue weighted by Gasteiger charge is 2.02. The van der Waals surface area contributed by atoms with Gasteiger partial charge in [-0.05, 0) is 48.9 Å². The van der Waals surface area contributed by atoms with Crippen LogP contribution in [0, 0.1) is 6.92 Å². The van der Waals surface area contributed by atoms with Crippen molar-refractivity contribution in [3.8, 4) is 5.75 Å². The van der Waals surface area contributed by atoms with Crippen LogP contribution in [0.1, 0.15) is 11.4 Å². The van der Waals surface area contributed by atoms with Crippen LogP contribution in [0.5, 0.6) is 5.75 Å². The number of rotatable bonds is 4. The van der Waals surface area contributed by atoms with Crippen LogP contribution < -0.4 is 10.2 Å². The summed E-state index contributed by atoms with van der Waals surface area (Å²) in [5.74, 6) is 2.17. The number of fused-ring (bicyclic) bond motifs is 1. The molecule has 106 valence electrons. The van der Waals surface area contributed by atoms with Gasteiger partial charge in [-0.2, -0.15) is 9.62 Å². The second-order valence-electron chi connectivity index (χ2n) is 4.38. The molecule has 0 aliphatic rings. The number of anilines is 1. The minimum atomic E-state index is 0.621. The molecule has 0 saturated carbocycles.